The lowest BCUT2D eigenvalue weighted by atomic mass is 9.82. The topological polar surface area (TPSA) is 49.3 Å². The van der Waals surface area contributed by atoms with E-state index in [-0.39, 0.29) is 12.0 Å². The highest BCUT2D eigenvalue weighted by Crippen LogP contribution is 2.27. The van der Waals surface area contributed by atoms with Crippen LogP contribution >= 0.6 is 11.3 Å². The Morgan fingerprint density at radius 3 is 2.94 bits per heavy atom. The molecule has 1 aromatic carbocycles. The number of carbonyl (C=O) groups is 1. The van der Waals surface area contributed by atoms with Crippen molar-refractivity contribution in [1.29, 1.82) is 0 Å². The Morgan fingerprint density at radius 1 is 1.39 bits per heavy atom. The highest BCUT2D eigenvalue weighted by molar-refractivity contribution is 7.17. The van der Waals surface area contributed by atoms with Crippen molar-refractivity contribution < 1.29 is 9.90 Å². The fraction of sp³-hybridized carbons (Fsp3) is 0.357. The molecule has 0 spiro atoms. The van der Waals surface area contributed by atoms with Gasteiger partial charge in [0.2, 0.25) is 0 Å². The normalized spacial score (nSPS) is 22.7. The molecular formula is C14H15NO2S. The number of rotatable bonds is 3. The van der Waals surface area contributed by atoms with Gasteiger partial charge in [0.05, 0.1) is 11.7 Å². The molecular weight excluding hydrogens is 246 g/mol. The molecule has 0 aliphatic heterocycles. The van der Waals surface area contributed by atoms with E-state index in [4.69, 9.17) is 0 Å². The Labute approximate surface area is 109 Å². The van der Waals surface area contributed by atoms with Crippen molar-refractivity contribution in [3.05, 3.63) is 35.2 Å². The number of hydrogen-bond acceptors (Lipinski definition) is 3. The van der Waals surface area contributed by atoms with Crippen molar-refractivity contribution in [2.75, 3.05) is 6.54 Å². The largest absolute Gasteiger partial charge is 0.393 e. The third kappa shape index (κ3) is 2.13. The van der Waals surface area contributed by atoms with Crippen molar-refractivity contribution in [2.24, 2.45) is 5.92 Å². The van der Waals surface area contributed by atoms with E-state index in [0.29, 0.717) is 12.5 Å². The quantitative estimate of drug-likeness (QED) is 0.891. The molecule has 1 aliphatic carbocycles. The molecule has 2 N–H and O–H groups in total. The van der Waals surface area contributed by atoms with Crippen LogP contribution in [0.4, 0.5) is 0 Å². The Morgan fingerprint density at radius 2 is 2.17 bits per heavy atom. The van der Waals surface area contributed by atoms with Crippen LogP contribution in [0.3, 0.4) is 0 Å². The minimum Gasteiger partial charge on any atom is -0.393 e. The number of nitrogens with one attached hydrogen (secondary N) is 1. The molecule has 3 nitrogen and oxygen atoms in total. The van der Waals surface area contributed by atoms with E-state index in [9.17, 15) is 9.90 Å². The van der Waals surface area contributed by atoms with Gasteiger partial charge >= 0.3 is 0 Å². The first kappa shape index (κ1) is 11.7. The maximum Gasteiger partial charge on any atom is 0.252 e. The number of hydrogen-bond donors (Lipinski definition) is 2. The van der Waals surface area contributed by atoms with Crippen LogP contribution in [0, 0.1) is 5.92 Å². The number of benzene rings is 1. The highest BCUT2D eigenvalue weighted by atomic mass is 32.1. The van der Waals surface area contributed by atoms with E-state index in [1.165, 1.54) is 0 Å². The minimum atomic E-state index is -0.158. The van der Waals surface area contributed by atoms with Crippen molar-refractivity contribution in [2.45, 2.75) is 18.9 Å². The van der Waals surface area contributed by atoms with Crippen LogP contribution in [0.5, 0.6) is 0 Å². The van der Waals surface area contributed by atoms with E-state index in [2.05, 4.69) is 5.32 Å². The molecule has 3 rings (SSSR count). The summed E-state index contributed by atoms with van der Waals surface area (Å²) in [6.07, 6.45) is 1.46. The van der Waals surface area contributed by atoms with Crippen molar-refractivity contribution in [3.63, 3.8) is 0 Å². The monoisotopic (exact) mass is 261 g/mol. The summed E-state index contributed by atoms with van der Waals surface area (Å²) < 4.78 is 1.14. The second-order valence-electron chi connectivity index (χ2n) is 4.85. The van der Waals surface area contributed by atoms with Gasteiger partial charge in [-0.15, -0.1) is 11.3 Å². The van der Waals surface area contributed by atoms with Gasteiger partial charge in [0.1, 0.15) is 0 Å². The summed E-state index contributed by atoms with van der Waals surface area (Å²) >= 11 is 1.60. The number of carbonyl (C=O) groups excluding carboxylic acids is 1. The molecule has 4 heteroatoms. The molecule has 0 radical (unpaired) electrons. The van der Waals surface area contributed by atoms with Crippen LogP contribution in [0.15, 0.2) is 29.6 Å². The molecule has 2 aromatic rings. The van der Waals surface area contributed by atoms with Crippen molar-refractivity contribution in [1.82, 2.24) is 5.32 Å². The third-order valence-electron chi connectivity index (χ3n) is 3.49. The second-order valence-corrected chi connectivity index (χ2v) is 5.76. The van der Waals surface area contributed by atoms with E-state index >= 15 is 0 Å². The predicted molar refractivity (Wildman–Crippen MR) is 72.9 cm³/mol. The zero-order chi connectivity index (χ0) is 12.5. The van der Waals surface area contributed by atoms with Gasteiger partial charge in [-0.3, -0.25) is 4.79 Å². The van der Waals surface area contributed by atoms with Crippen molar-refractivity contribution >= 4 is 27.3 Å². The van der Waals surface area contributed by atoms with Crippen LogP contribution in [0.1, 0.15) is 23.2 Å². The first-order valence-corrected chi connectivity index (χ1v) is 7.04. The van der Waals surface area contributed by atoms with Crippen LogP contribution in [-0.2, 0) is 0 Å². The van der Waals surface area contributed by atoms with Crippen molar-refractivity contribution in [3.8, 4) is 0 Å². The van der Waals surface area contributed by atoms with Gasteiger partial charge in [0.25, 0.3) is 5.91 Å². The van der Waals surface area contributed by atoms with Gasteiger partial charge < -0.3 is 10.4 Å². The smallest absolute Gasteiger partial charge is 0.252 e. The lowest BCUT2D eigenvalue weighted by Crippen LogP contribution is -2.38. The van der Waals surface area contributed by atoms with Crippen LogP contribution in [0.2, 0.25) is 0 Å². The summed E-state index contributed by atoms with van der Waals surface area (Å²) in [6, 6.07) is 7.94. The lowest BCUT2D eigenvalue weighted by molar-refractivity contribution is 0.0420. The fourth-order valence-corrected chi connectivity index (χ4v) is 3.29. The molecule has 0 atom stereocenters. The lowest BCUT2D eigenvalue weighted by Gasteiger charge is -2.31. The molecule has 1 fully saturated rings. The summed E-state index contributed by atoms with van der Waals surface area (Å²) in [5.74, 6) is 0.433. The summed E-state index contributed by atoms with van der Waals surface area (Å²) in [5.41, 5.74) is 0.760. The number of thiophene rings is 1. The Balaban J connectivity index is 1.68. The van der Waals surface area contributed by atoms with E-state index in [0.717, 1.165) is 28.5 Å². The molecule has 1 aliphatic rings. The molecule has 1 saturated carbocycles. The molecule has 1 heterocycles. The van der Waals surface area contributed by atoms with E-state index in [1.807, 2.05) is 29.6 Å². The summed E-state index contributed by atoms with van der Waals surface area (Å²) in [4.78, 5) is 12.1. The molecule has 18 heavy (non-hydrogen) atoms. The fourth-order valence-electron chi connectivity index (χ4n) is 2.35. The summed E-state index contributed by atoms with van der Waals surface area (Å²) in [7, 11) is 0. The van der Waals surface area contributed by atoms with Crippen LogP contribution in [0.25, 0.3) is 10.1 Å². The molecule has 0 saturated heterocycles. The number of fused-ring (bicyclic) bond motifs is 1. The maximum absolute atomic E-state index is 12.1. The summed E-state index contributed by atoms with van der Waals surface area (Å²) in [5, 5.41) is 15.1. The van der Waals surface area contributed by atoms with E-state index < -0.39 is 0 Å². The molecule has 0 bridgehead atoms. The van der Waals surface area contributed by atoms with Gasteiger partial charge in [0, 0.05) is 22.0 Å². The van der Waals surface area contributed by atoms with Gasteiger partial charge in [-0.25, -0.2) is 0 Å². The minimum absolute atomic E-state index is 0.00570. The SMILES string of the molecule is O=C(NCC1CC(O)C1)c1csc2ccccc12. The summed E-state index contributed by atoms with van der Waals surface area (Å²) in [6.45, 7) is 0.667. The maximum atomic E-state index is 12.1. The number of aliphatic hydroxyl groups is 1. The zero-order valence-corrected chi connectivity index (χ0v) is 10.7. The average Bonchev–Trinajstić information content (AvgIpc) is 2.76. The van der Waals surface area contributed by atoms with Crippen LogP contribution in [-0.4, -0.2) is 23.7 Å². The molecule has 0 unspecified atom stereocenters. The molecule has 94 valence electrons. The Hall–Kier alpha value is -1.39. The van der Waals surface area contributed by atoms with Gasteiger partial charge in [-0.2, -0.15) is 0 Å². The van der Waals surface area contributed by atoms with E-state index in [1.54, 1.807) is 11.3 Å². The first-order chi connectivity index (χ1) is 8.74. The van der Waals surface area contributed by atoms with Gasteiger partial charge in [0.15, 0.2) is 0 Å². The van der Waals surface area contributed by atoms with Crippen LogP contribution < -0.4 is 5.32 Å². The second kappa shape index (κ2) is 4.71. The average molecular weight is 261 g/mol. The highest BCUT2D eigenvalue weighted by Gasteiger charge is 2.27. The third-order valence-corrected chi connectivity index (χ3v) is 4.45. The number of amides is 1. The molecule has 1 amide bonds. The standard InChI is InChI=1S/C14H15NO2S/c16-10-5-9(6-10)7-15-14(17)12-8-18-13-4-2-1-3-11(12)13/h1-4,8-10,16H,5-7H2,(H,15,17). The zero-order valence-electron chi connectivity index (χ0n) is 9.93. The Kier molecular flexibility index (Phi) is 3.06. The number of aliphatic hydroxyl groups excluding tert-OH is 1. The van der Waals surface area contributed by atoms with Gasteiger partial charge in [-0.1, -0.05) is 18.2 Å². The molecule has 1 aromatic heterocycles. The van der Waals surface area contributed by atoms with Gasteiger partial charge in [-0.05, 0) is 24.8 Å². The Bertz CT molecular complexity index is 572. The predicted octanol–water partition coefficient (Wildman–Crippen LogP) is 2.40. The first-order valence-electron chi connectivity index (χ1n) is 6.16.